The van der Waals surface area contributed by atoms with Crippen molar-refractivity contribution in [3.8, 4) is 0 Å². The van der Waals surface area contributed by atoms with Crippen molar-refractivity contribution < 1.29 is 17.9 Å². The van der Waals surface area contributed by atoms with Gasteiger partial charge < -0.3 is 15.4 Å². The lowest BCUT2D eigenvalue weighted by Crippen LogP contribution is -2.40. The maximum atomic E-state index is 11.7. The highest BCUT2D eigenvalue weighted by atomic mass is 32.2. The third-order valence-corrected chi connectivity index (χ3v) is 4.03. The molecule has 0 aromatic rings. The highest BCUT2D eigenvalue weighted by Gasteiger charge is 2.24. The van der Waals surface area contributed by atoms with Crippen LogP contribution in [0, 0.1) is 0 Å². The number of ether oxygens (including phenoxy) is 1. The van der Waals surface area contributed by atoms with E-state index in [2.05, 4.69) is 4.90 Å². The Labute approximate surface area is 108 Å². The fraction of sp³-hybridized carbons (Fsp3) is 0.909. The molecule has 1 aliphatic rings. The summed E-state index contributed by atoms with van der Waals surface area (Å²) < 4.78 is 27.2. The van der Waals surface area contributed by atoms with Gasteiger partial charge in [-0.15, -0.1) is 0 Å². The molecule has 0 saturated carbocycles. The molecule has 1 saturated heterocycles. The maximum Gasteiger partial charge on any atom is 0.323 e. The van der Waals surface area contributed by atoms with Crippen LogP contribution < -0.4 is 5.73 Å². The first-order valence-corrected chi connectivity index (χ1v) is 8.16. The number of carbonyl (C=O) groups is 1. The fourth-order valence-corrected chi connectivity index (χ4v) is 2.50. The van der Waals surface area contributed by atoms with Crippen LogP contribution in [-0.4, -0.2) is 63.6 Å². The van der Waals surface area contributed by atoms with E-state index in [1.54, 1.807) is 0 Å². The van der Waals surface area contributed by atoms with E-state index in [-0.39, 0.29) is 18.3 Å². The van der Waals surface area contributed by atoms with Crippen molar-refractivity contribution in [2.24, 2.45) is 5.73 Å². The van der Waals surface area contributed by atoms with Crippen LogP contribution in [0.3, 0.4) is 0 Å². The summed E-state index contributed by atoms with van der Waals surface area (Å²) in [6.07, 6.45) is 2.77. The molecule has 0 spiro atoms. The van der Waals surface area contributed by atoms with Crippen molar-refractivity contribution >= 4 is 15.8 Å². The Morgan fingerprint density at radius 2 is 2.00 bits per heavy atom. The molecular formula is C11H22N2O4S. The smallest absolute Gasteiger partial charge is 0.323 e. The summed E-state index contributed by atoms with van der Waals surface area (Å²) in [7, 11) is -1.06. The SMILES string of the molecule is CN1CCC(OC(=O)C(N)CCS(C)(=O)=O)CC1. The fourth-order valence-electron chi connectivity index (χ4n) is 1.81. The Hall–Kier alpha value is -0.660. The molecule has 0 radical (unpaired) electrons. The van der Waals surface area contributed by atoms with Gasteiger partial charge in [-0.25, -0.2) is 8.42 Å². The molecule has 0 aromatic heterocycles. The standard InChI is InChI=1S/C11H22N2O4S/c1-13-6-3-9(4-7-13)17-11(14)10(12)5-8-18(2,15)16/h9-10H,3-8,12H2,1-2H3. The van der Waals surface area contributed by atoms with Crippen molar-refractivity contribution in [3.63, 3.8) is 0 Å². The van der Waals surface area contributed by atoms with E-state index in [0.29, 0.717) is 0 Å². The summed E-state index contributed by atoms with van der Waals surface area (Å²) in [5.74, 6) is -0.579. The summed E-state index contributed by atoms with van der Waals surface area (Å²) in [6, 6.07) is -0.848. The Morgan fingerprint density at radius 1 is 1.44 bits per heavy atom. The topological polar surface area (TPSA) is 89.7 Å². The van der Waals surface area contributed by atoms with Gasteiger partial charge in [0.05, 0.1) is 5.75 Å². The van der Waals surface area contributed by atoms with Gasteiger partial charge in [0.25, 0.3) is 0 Å². The molecule has 0 bridgehead atoms. The van der Waals surface area contributed by atoms with Crippen LogP contribution in [-0.2, 0) is 19.4 Å². The first kappa shape index (κ1) is 15.4. The Balaban J connectivity index is 2.31. The van der Waals surface area contributed by atoms with E-state index in [9.17, 15) is 13.2 Å². The number of carbonyl (C=O) groups excluding carboxylic acids is 1. The number of hydrogen-bond acceptors (Lipinski definition) is 6. The summed E-state index contributed by atoms with van der Waals surface area (Å²) >= 11 is 0. The van der Waals surface area contributed by atoms with Gasteiger partial charge in [0.1, 0.15) is 22.0 Å². The second-order valence-corrected chi connectivity index (χ2v) is 7.22. The molecule has 0 aliphatic carbocycles. The summed E-state index contributed by atoms with van der Waals surface area (Å²) in [5.41, 5.74) is 5.62. The zero-order valence-corrected chi connectivity index (χ0v) is 11.8. The van der Waals surface area contributed by atoms with Gasteiger partial charge in [-0.3, -0.25) is 4.79 Å². The molecule has 0 amide bonds. The molecule has 7 heteroatoms. The zero-order chi connectivity index (χ0) is 13.8. The third-order valence-electron chi connectivity index (χ3n) is 3.05. The molecule has 1 unspecified atom stereocenters. The molecule has 2 N–H and O–H groups in total. The second kappa shape index (κ2) is 6.49. The van der Waals surface area contributed by atoms with E-state index >= 15 is 0 Å². The quantitative estimate of drug-likeness (QED) is 0.675. The normalized spacial score (nSPS) is 20.6. The number of rotatable bonds is 5. The van der Waals surface area contributed by atoms with Crippen LogP contribution in [0.4, 0.5) is 0 Å². The minimum absolute atomic E-state index is 0.0852. The largest absolute Gasteiger partial charge is 0.461 e. The number of likely N-dealkylation sites (tertiary alicyclic amines) is 1. The van der Waals surface area contributed by atoms with Crippen molar-refractivity contribution in [1.82, 2.24) is 4.90 Å². The molecule has 1 heterocycles. The van der Waals surface area contributed by atoms with Crippen LogP contribution in [0.2, 0.25) is 0 Å². The number of hydrogen-bond donors (Lipinski definition) is 1. The zero-order valence-electron chi connectivity index (χ0n) is 11.0. The minimum Gasteiger partial charge on any atom is -0.461 e. The van der Waals surface area contributed by atoms with Crippen molar-refractivity contribution in [2.45, 2.75) is 31.4 Å². The van der Waals surface area contributed by atoms with E-state index in [1.165, 1.54) is 0 Å². The molecule has 0 aromatic carbocycles. The number of esters is 1. The van der Waals surface area contributed by atoms with E-state index in [4.69, 9.17) is 10.5 Å². The lowest BCUT2D eigenvalue weighted by atomic mass is 10.1. The van der Waals surface area contributed by atoms with Gasteiger partial charge in [-0.1, -0.05) is 0 Å². The van der Waals surface area contributed by atoms with Crippen molar-refractivity contribution in [3.05, 3.63) is 0 Å². The van der Waals surface area contributed by atoms with Crippen LogP contribution in [0.5, 0.6) is 0 Å². The maximum absolute atomic E-state index is 11.7. The molecule has 6 nitrogen and oxygen atoms in total. The van der Waals surface area contributed by atoms with Gasteiger partial charge in [0, 0.05) is 19.3 Å². The van der Waals surface area contributed by atoms with Gasteiger partial charge in [-0.05, 0) is 26.3 Å². The molecule has 18 heavy (non-hydrogen) atoms. The van der Waals surface area contributed by atoms with Crippen LogP contribution in [0.15, 0.2) is 0 Å². The van der Waals surface area contributed by atoms with Crippen LogP contribution in [0.25, 0.3) is 0 Å². The molecule has 1 rings (SSSR count). The lowest BCUT2D eigenvalue weighted by Gasteiger charge is -2.29. The molecule has 1 fully saturated rings. The summed E-state index contributed by atoms with van der Waals surface area (Å²) in [5, 5.41) is 0. The molecule has 1 aliphatic heterocycles. The first-order valence-electron chi connectivity index (χ1n) is 6.10. The number of nitrogens with two attached hydrogens (primary N) is 1. The van der Waals surface area contributed by atoms with E-state index < -0.39 is 21.8 Å². The summed E-state index contributed by atoms with van der Waals surface area (Å²) in [6.45, 7) is 1.80. The highest BCUT2D eigenvalue weighted by molar-refractivity contribution is 7.90. The summed E-state index contributed by atoms with van der Waals surface area (Å²) in [4.78, 5) is 13.8. The van der Waals surface area contributed by atoms with Gasteiger partial charge in [-0.2, -0.15) is 0 Å². The van der Waals surface area contributed by atoms with E-state index in [1.807, 2.05) is 7.05 Å². The Morgan fingerprint density at radius 3 is 2.50 bits per heavy atom. The number of piperidine rings is 1. The highest BCUT2D eigenvalue weighted by Crippen LogP contribution is 2.13. The van der Waals surface area contributed by atoms with Crippen molar-refractivity contribution in [2.75, 3.05) is 32.1 Å². The number of nitrogens with zero attached hydrogens (tertiary/aromatic N) is 1. The van der Waals surface area contributed by atoms with Crippen LogP contribution in [0.1, 0.15) is 19.3 Å². The Bertz CT molecular complexity index is 375. The number of sulfone groups is 1. The predicted molar refractivity (Wildman–Crippen MR) is 68.9 cm³/mol. The van der Waals surface area contributed by atoms with Crippen molar-refractivity contribution in [1.29, 1.82) is 0 Å². The van der Waals surface area contributed by atoms with Gasteiger partial charge in [0.2, 0.25) is 0 Å². The lowest BCUT2D eigenvalue weighted by molar-refractivity contribution is -0.152. The average Bonchev–Trinajstić information content (AvgIpc) is 2.28. The third kappa shape index (κ3) is 5.79. The average molecular weight is 278 g/mol. The van der Waals surface area contributed by atoms with E-state index in [0.717, 1.165) is 32.2 Å². The minimum atomic E-state index is -3.09. The molecule has 106 valence electrons. The van der Waals surface area contributed by atoms with Crippen LogP contribution >= 0.6 is 0 Å². The first-order chi connectivity index (χ1) is 8.28. The van der Waals surface area contributed by atoms with Gasteiger partial charge >= 0.3 is 5.97 Å². The predicted octanol–water partition coefficient (Wildman–Crippen LogP) is -0.614. The Kier molecular flexibility index (Phi) is 5.55. The van der Waals surface area contributed by atoms with Gasteiger partial charge in [0.15, 0.2) is 0 Å². The monoisotopic (exact) mass is 278 g/mol. The molecule has 1 atom stereocenters. The second-order valence-electron chi connectivity index (χ2n) is 4.96. The molecular weight excluding hydrogens is 256 g/mol.